The quantitative estimate of drug-likeness (QED) is 0.0845. The third kappa shape index (κ3) is 14.7. The smallest absolute Gasteiger partial charge is 0.338 e. The number of piperidine rings is 2. The Morgan fingerprint density at radius 3 is 1.64 bits per heavy atom. The largest absolute Gasteiger partial charge is 0.478 e. The first-order valence-corrected chi connectivity index (χ1v) is 23.3. The number of methoxy groups -OCH3 is 2. The molecular formula is C44H43Br5N4O11. The third-order valence-electron chi connectivity index (χ3n) is 9.64. The number of hydrogen-bond acceptors (Lipinski definition) is 11. The molecule has 3 heterocycles. The molecule has 0 radical (unpaired) electrons. The summed E-state index contributed by atoms with van der Waals surface area (Å²) >= 11 is 16.7. The van der Waals surface area contributed by atoms with Gasteiger partial charge in [0, 0.05) is 48.2 Å². The van der Waals surface area contributed by atoms with Crippen molar-refractivity contribution in [2.24, 2.45) is 5.73 Å². The van der Waals surface area contributed by atoms with Gasteiger partial charge in [0.05, 0.1) is 37.0 Å². The number of fused-ring (bicyclic) bond motifs is 1. The fourth-order valence-corrected chi connectivity index (χ4v) is 8.74. The van der Waals surface area contributed by atoms with Crippen molar-refractivity contribution < 1.29 is 52.9 Å². The molecule has 2 unspecified atom stereocenters. The van der Waals surface area contributed by atoms with Crippen molar-refractivity contribution in [2.45, 2.75) is 63.5 Å². The maximum atomic E-state index is 12.3. The summed E-state index contributed by atoms with van der Waals surface area (Å²) in [5.41, 5.74) is 10.9. The number of carbonyl (C=O) groups excluding carboxylic acids is 7. The van der Waals surface area contributed by atoms with E-state index < -0.39 is 18.1 Å². The molecule has 0 aliphatic carbocycles. The van der Waals surface area contributed by atoms with Gasteiger partial charge in [0.2, 0.25) is 23.6 Å². The third-order valence-corrected chi connectivity index (χ3v) is 13.4. The highest BCUT2D eigenvalue weighted by Gasteiger charge is 2.39. The molecule has 7 rings (SSSR count). The molecule has 5 amide bonds. The van der Waals surface area contributed by atoms with Crippen LogP contribution < -0.4 is 16.4 Å². The molecule has 2 atom stereocenters. The van der Waals surface area contributed by atoms with Crippen LogP contribution in [0, 0.1) is 13.8 Å². The van der Waals surface area contributed by atoms with E-state index in [9.17, 15) is 38.4 Å². The van der Waals surface area contributed by atoms with Gasteiger partial charge in [-0.15, -0.1) is 0 Å². The molecular weight excluding hydrogens is 1160 g/mol. The van der Waals surface area contributed by atoms with Gasteiger partial charge < -0.3 is 25.2 Å². The van der Waals surface area contributed by atoms with Gasteiger partial charge >= 0.3 is 17.9 Å². The number of carboxylic acid groups (broad SMARTS) is 1. The average Bonchev–Trinajstić information content (AvgIpc) is 3.60. The van der Waals surface area contributed by atoms with E-state index in [0.717, 1.165) is 40.1 Å². The fraction of sp³-hybridized carbons (Fsp3) is 0.273. The summed E-state index contributed by atoms with van der Waals surface area (Å²) in [6.45, 7) is 4.05. The van der Waals surface area contributed by atoms with Crippen LogP contribution in [0.15, 0.2) is 90.7 Å². The van der Waals surface area contributed by atoms with Gasteiger partial charge in [-0.05, 0) is 97.5 Å². The van der Waals surface area contributed by atoms with E-state index in [1.807, 2.05) is 43.3 Å². The number of nitrogens with two attached hydrogens (primary N) is 1. The van der Waals surface area contributed by atoms with Gasteiger partial charge in [0.1, 0.15) is 6.04 Å². The molecule has 0 spiro atoms. The van der Waals surface area contributed by atoms with Crippen LogP contribution in [-0.4, -0.2) is 83.8 Å². The van der Waals surface area contributed by atoms with Crippen LogP contribution in [0.25, 0.3) is 0 Å². The molecule has 0 saturated carbocycles. The van der Waals surface area contributed by atoms with Crippen LogP contribution in [0.4, 0.5) is 0 Å². The highest BCUT2D eigenvalue weighted by atomic mass is 79.9. The van der Waals surface area contributed by atoms with E-state index in [4.69, 9.17) is 10.8 Å². The molecule has 4 aromatic rings. The summed E-state index contributed by atoms with van der Waals surface area (Å²) in [7, 11) is 2.75. The van der Waals surface area contributed by atoms with Crippen molar-refractivity contribution in [1.82, 2.24) is 15.5 Å². The van der Waals surface area contributed by atoms with Gasteiger partial charge in [-0.2, -0.15) is 0 Å². The van der Waals surface area contributed by atoms with Crippen LogP contribution >= 0.6 is 79.6 Å². The molecule has 2 saturated heterocycles. The zero-order chi connectivity index (χ0) is 47.8. The number of rotatable bonds is 5. The summed E-state index contributed by atoms with van der Waals surface area (Å²) in [6.07, 6.45) is 1.51. The number of benzene rings is 4. The van der Waals surface area contributed by atoms with Crippen molar-refractivity contribution in [3.05, 3.63) is 135 Å². The summed E-state index contributed by atoms with van der Waals surface area (Å²) < 4.78 is 12.8. The topological polar surface area (TPSA) is 229 Å². The number of nitrogens with zero attached hydrogens (tertiary/aromatic N) is 1. The number of amides is 5. The van der Waals surface area contributed by atoms with Gasteiger partial charge in [-0.1, -0.05) is 104 Å². The number of nitrogens with one attached hydrogen (secondary N) is 2. The molecule has 15 nitrogen and oxygen atoms in total. The van der Waals surface area contributed by atoms with E-state index >= 15 is 0 Å². The molecule has 340 valence electrons. The van der Waals surface area contributed by atoms with Crippen LogP contribution in [-0.2, 0) is 40.5 Å². The van der Waals surface area contributed by atoms with E-state index in [2.05, 4.69) is 99.8 Å². The van der Waals surface area contributed by atoms with Gasteiger partial charge in [0.25, 0.3) is 5.91 Å². The summed E-state index contributed by atoms with van der Waals surface area (Å²) in [5, 5.41) is 13.7. The molecule has 3 aliphatic heterocycles. The Hall–Kier alpha value is -4.60. The van der Waals surface area contributed by atoms with E-state index in [0.29, 0.717) is 53.4 Å². The lowest BCUT2D eigenvalue weighted by Crippen LogP contribution is -2.52. The standard InChI is InChI=1S/C13H11BrN2O3.C9H8Br2O2.C9H9BrO2.C8H7BrO2.C5H8N2O2/c14-9-3-1-2-7-8(9)6-16(13(7)19)10-4-5-11(17)15-12(10)18;1-13-9(12)6-3-2-4-8(11)7(6)5-10;1-6-7(9(11)12-2)4-3-5-8(6)10;1-5-6(8(10)11)3-2-4-7(5)9;6-3-1-2-4(8)7-5(3)9/h1-3,10H,4-6H2,(H,15,17,18);2-4H,5H2,1H3;3-5H,1-2H3;2-4H,1H3,(H,10,11);3H,1-2,6H2,(H,7,8,9). The Labute approximate surface area is 411 Å². The predicted octanol–water partition coefficient (Wildman–Crippen LogP) is 8.09. The number of esters is 2. The Balaban J connectivity index is 0.000000218. The lowest BCUT2D eigenvalue weighted by Gasteiger charge is -2.29. The molecule has 0 bridgehead atoms. The molecule has 20 heteroatoms. The number of imide groups is 2. The van der Waals surface area contributed by atoms with Crippen molar-refractivity contribution >= 4 is 127 Å². The number of alkyl halides is 1. The molecule has 2 fully saturated rings. The molecule has 3 aliphatic rings. The zero-order valence-electron chi connectivity index (χ0n) is 34.8. The number of hydrogen-bond donors (Lipinski definition) is 4. The van der Waals surface area contributed by atoms with Crippen molar-refractivity contribution in [3.8, 4) is 0 Å². The predicted molar refractivity (Wildman–Crippen MR) is 255 cm³/mol. The van der Waals surface area contributed by atoms with Crippen LogP contribution in [0.1, 0.15) is 89.4 Å². The highest BCUT2D eigenvalue weighted by molar-refractivity contribution is 9.11. The Morgan fingerprint density at radius 2 is 1.16 bits per heavy atom. The van der Waals surface area contributed by atoms with Crippen LogP contribution in [0.3, 0.4) is 0 Å². The highest BCUT2D eigenvalue weighted by Crippen LogP contribution is 2.32. The summed E-state index contributed by atoms with van der Waals surface area (Å²) in [4.78, 5) is 90.8. The number of aromatic carboxylic acids is 1. The summed E-state index contributed by atoms with van der Waals surface area (Å²) in [5.74, 6) is -2.87. The van der Waals surface area contributed by atoms with Crippen molar-refractivity contribution in [1.29, 1.82) is 0 Å². The van der Waals surface area contributed by atoms with Crippen LogP contribution in [0.5, 0.6) is 0 Å². The lowest BCUT2D eigenvalue weighted by molar-refractivity contribution is -0.137. The monoisotopic (exact) mass is 1200 g/mol. The zero-order valence-corrected chi connectivity index (χ0v) is 42.7. The van der Waals surface area contributed by atoms with E-state index in [-0.39, 0.29) is 47.9 Å². The number of halogens is 5. The van der Waals surface area contributed by atoms with Gasteiger partial charge in [-0.3, -0.25) is 34.6 Å². The second kappa shape index (κ2) is 25.8. The SMILES string of the molecule is COC(=O)c1cccc(Br)c1C.COC(=O)c1cccc(Br)c1CBr.Cc1c(Br)cccc1C(=O)O.NC1CCC(=O)NC1=O.O=C1CCC(N2Cc3c(Br)cccc3C2=O)C(=O)N1. The first-order valence-electron chi connectivity index (χ1n) is 19.0. The molecule has 4 aromatic carbocycles. The second-order valence-electron chi connectivity index (χ2n) is 13.7. The second-order valence-corrected chi connectivity index (χ2v) is 17.7. The molecule has 0 aromatic heterocycles. The Morgan fingerprint density at radius 1 is 0.688 bits per heavy atom. The number of carbonyl (C=O) groups is 8. The maximum Gasteiger partial charge on any atom is 0.338 e. The minimum Gasteiger partial charge on any atom is -0.478 e. The number of ether oxygens (including phenoxy) is 2. The van der Waals surface area contributed by atoms with Crippen molar-refractivity contribution in [3.63, 3.8) is 0 Å². The minimum atomic E-state index is -0.885. The first-order chi connectivity index (χ1) is 30.3. The van der Waals surface area contributed by atoms with Gasteiger partial charge in [0.15, 0.2) is 0 Å². The van der Waals surface area contributed by atoms with E-state index in [1.165, 1.54) is 19.1 Å². The average molecular weight is 1200 g/mol. The minimum absolute atomic E-state index is 0.147. The molecule has 5 N–H and O–H groups in total. The number of carboxylic acids is 1. The lowest BCUT2D eigenvalue weighted by atomic mass is 10.0. The fourth-order valence-electron chi connectivity index (χ4n) is 6.03. The maximum absolute atomic E-state index is 12.3. The Bertz CT molecular complexity index is 2430. The van der Waals surface area contributed by atoms with Gasteiger partial charge in [-0.25, -0.2) is 14.4 Å². The first kappa shape index (κ1) is 53.7. The Kier molecular flexibility index (Phi) is 21.6. The van der Waals surface area contributed by atoms with Crippen molar-refractivity contribution in [2.75, 3.05) is 14.2 Å². The van der Waals surface area contributed by atoms with E-state index in [1.54, 1.807) is 43.3 Å². The molecule has 64 heavy (non-hydrogen) atoms. The van der Waals surface area contributed by atoms with Crippen LogP contribution in [0.2, 0.25) is 0 Å². The summed E-state index contributed by atoms with van der Waals surface area (Å²) in [6, 6.07) is 20.4. The normalized spacial score (nSPS) is 16.0.